The second kappa shape index (κ2) is 12.4. The van der Waals surface area contributed by atoms with Gasteiger partial charge in [0.1, 0.15) is 5.75 Å². The molecule has 3 N–H and O–H groups in total. The van der Waals surface area contributed by atoms with Crippen LogP contribution in [0.3, 0.4) is 0 Å². The van der Waals surface area contributed by atoms with E-state index in [1.807, 2.05) is 50.2 Å². The first kappa shape index (κ1) is 25.5. The summed E-state index contributed by atoms with van der Waals surface area (Å²) in [6.07, 6.45) is 1.20. The highest BCUT2D eigenvalue weighted by atomic mass is 16.5. The SMILES string of the molecule is CCCC(CC(=O)c1ccc(-c2ccc(NC(=O)Nc3ccccc3OCC)cc2)cc1)C(=O)O. The van der Waals surface area contributed by atoms with E-state index in [0.29, 0.717) is 35.7 Å². The van der Waals surface area contributed by atoms with Gasteiger partial charge in [-0.25, -0.2) is 4.79 Å². The van der Waals surface area contributed by atoms with E-state index in [-0.39, 0.29) is 18.2 Å². The van der Waals surface area contributed by atoms with Crippen molar-refractivity contribution in [1.82, 2.24) is 0 Å². The zero-order valence-electron chi connectivity index (χ0n) is 19.9. The predicted molar refractivity (Wildman–Crippen MR) is 137 cm³/mol. The molecule has 182 valence electrons. The molecule has 3 aromatic rings. The van der Waals surface area contributed by atoms with E-state index in [9.17, 15) is 19.5 Å². The third-order valence-corrected chi connectivity index (χ3v) is 5.54. The predicted octanol–water partition coefficient (Wildman–Crippen LogP) is 6.47. The van der Waals surface area contributed by atoms with E-state index < -0.39 is 11.9 Å². The number of rotatable bonds is 11. The molecule has 7 nitrogen and oxygen atoms in total. The molecular weight excluding hydrogens is 444 g/mol. The molecule has 35 heavy (non-hydrogen) atoms. The first-order valence-corrected chi connectivity index (χ1v) is 11.7. The van der Waals surface area contributed by atoms with Crippen molar-refractivity contribution in [2.24, 2.45) is 5.92 Å². The molecule has 0 aliphatic heterocycles. The van der Waals surface area contributed by atoms with Crippen molar-refractivity contribution < 1.29 is 24.2 Å². The molecule has 0 radical (unpaired) electrons. The molecule has 1 atom stereocenters. The van der Waals surface area contributed by atoms with Gasteiger partial charge in [0.15, 0.2) is 5.78 Å². The molecule has 0 bridgehead atoms. The maximum atomic E-state index is 12.5. The number of hydrogen-bond donors (Lipinski definition) is 3. The largest absolute Gasteiger partial charge is 0.492 e. The highest BCUT2D eigenvalue weighted by Crippen LogP contribution is 2.25. The number of carboxylic acid groups (broad SMARTS) is 1. The average molecular weight is 475 g/mol. The van der Waals surface area contributed by atoms with Crippen LogP contribution in [0.25, 0.3) is 11.1 Å². The Balaban J connectivity index is 1.61. The summed E-state index contributed by atoms with van der Waals surface area (Å²) in [5, 5.41) is 14.9. The number of nitrogens with one attached hydrogen (secondary N) is 2. The topological polar surface area (TPSA) is 105 Å². The Kier molecular flexibility index (Phi) is 9.01. The summed E-state index contributed by atoms with van der Waals surface area (Å²) in [5.74, 6) is -1.16. The Morgan fingerprint density at radius 2 is 1.49 bits per heavy atom. The molecule has 1 unspecified atom stereocenters. The summed E-state index contributed by atoms with van der Waals surface area (Å²) < 4.78 is 5.53. The number of urea groups is 1. The van der Waals surface area contributed by atoms with Crippen LogP contribution in [-0.4, -0.2) is 29.5 Å². The Hall–Kier alpha value is -4.13. The number of carbonyl (C=O) groups excluding carboxylic acids is 2. The van der Waals surface area contributed by atoms with Crippen LogP contribution in [0.5, 0.6) is 5.75 Å². The van der Waals surface area contributed by atoms with Crippen molar-refractivity contribution in [2.75, 3.05) is 17.2 Å². The molecule has 0 aliphatic rings. The third kappa shape index (κ3) is 7.17. The van der Waals surface area contributed by atoms with Gasteiger partial charge < -0.3 is 20.5 Å². The van der Waals surface area contributed by atoms with Gasteiger partial charge in [0.25, 0.3) is 0 Å². The molecular formula is C28H30N2O5. The smallest absolute Gasteiger partial charge is 0.323 e. The van der Waals surface area contributed by atoms with Crippen molar-refractivity contribution in [1.29, 1.82) is 0 Å². The van der Waals surface area contributed by atoms with Gasteiger partial charge in [0.2, 0.25) is 0 Å². The Morgan fingerprint density at radius 1 is 0.857 bits per heavy atom. The average Bonchev–Trinajstić information content (AvgIpc) is 2.85. The lowest BCUT2D eigenvalue weighted by molar-refractivity contribution is -0.141. The van der Waals surface area contributed by atoms with Crippen molar-refractivity contribution in [3.63, 3.8) is 0 Å². The number of para-hydroxylation sites is 2. The third-order valence-electron chi connectivity index (χ3n) is 5.54. The maximum Gasteiger partial charge on any atom is 0.323 e. The van der Waals surface area contributed by atoms with Crippen molar-refractivity contribution in [3.05, 3.63) is 78.4 Å². The number of anilines is 2. The van der Waals surface area contributed by atoms with Crippen LogP contribution < -0.4 is 15.4 Å². The molecule has 0 heterocycles. The highest BCUT2D eigenvalue weighted by molar-refractivity contribution is 6.01. The number of ether oxygens (including phenoxy) is 1. The van der Waals surface area contributed by atoms with Gasteiger partial charge in [0.05, 0.1) is 18.2 Å². The van der Waals surface area contributed by atoms with Gasteiger partial charge in [-0.05, 0) is 48.7 Å². The molecule has 0 fully saturated rings. The standard InChI is InChI=1S/C28H30N2O5/c1-3-7-22(27(32)33)18-25(31)21-12-10-19(11-13-21)20-14-16-23(17-15-20)29-28(34)30-24-8-5-6-9-26(24)35-4-2/h5-6,8-17,22H,3-4,7,18H2,1-2H3,(H,32,33)(H2,29,30,34). The number of amides is 2. The zero-order valence-corrected chi connectivity index (χ0v) is 19.9. The highest BCUT2D eigenvalue weighted by Gasteiger charge is 2.21. The summed E-state index contributed by atoms with van der Waals surface area (Å²) in [7, 11) is 0. The second-order valence-electron chi connectivity index (χ2n) is 8.11. The number of carbonyl (C=O) groups is 3. The van der Waals surface area contributed by atoms with Gasteiger partial charge in [-0.2, -0.15) is 0 Å². The fourth-order valence-corrected chi connectivity index (χ4v) is 3.73. The quantitative estimate of drug-likeness (QED) is 0.276. The molecule has 0 saturated heterocycles. The van der Waals surface area contributed by atoms with Crippen LogP contribution in [-0.2, 0) is 4.79 Å². The Bertz CT molecular complexity index is 1160. The van der Waals surface area contributed by atoms with Gasteiger partial charge in [-0.1, -0.05) is 61.9 Å². The molecule has 0 saturated carbocycles. The first-order valence-electron chi connectivity index (χ1n) is 11.7. The first-order chi connectivity index (χ1) is 16.9. The van der Waals surface area contributed by atoms with Crippen LogP contribution in [0.2, 0.25) is 0 Å². The normalized spacial score (nSPS) is 11.4. The van der Waals surface area contributed by atoms with Gasteiger partial charge in [-0.3, -0.25) is 9.59 Å². The van der Waals surface area contributed by atoms with Crippen LogP contribution in [0.4, 0.5) is 16.2 Å². The van der Waals surface area contributed by atoms with E-state index in [2.05, 4.69) is 10.6 Å². The second-order valence-corrected chi connectivity index (χ2v) is 8.11. The van der Waals surface area contributed by atoms with Crippen molar-refractivity contribution in [3.8, 4) is 16.9 Å². The number of hydrogen-bond acceptors (Lipinski definition) is 4. The van der Waals surface area contributed by atoms with Gasteiger partial charge in [-0.15, -0.1) is 0 Å². The Labute approximate surface area is 205 Å². The van der Waals surface area contributed by atoms with Gasteiger partial charge >= 0.3 is 12.0 Å². The number of ketones is 1. The minimum Gasteiger partial charge on any atom is -0.492 e. The van der Waals surface area contributed by atoms with Crippen LogP contribution in [0.15, 0.2) is 72.8 Å². The van der Waals surface area contributed by atoms with Crippen molar-refractivity contribution >= 4 is 29.2 Å². The molecule has 2 amide bonds. The summed E-state index contributed by atoms with van der Waals surface area (Å²) in [4.78, 5) is 36.2. The van der Waals surface area contributed by atoms with E-state index in [1.165, 1.54) is 0 Å². The number of aliphatic carboxylic acids is 1. The molecule has 0 spiro atoms. The molecule has 3 aromatic carbocycles. The number of benzene rings is 3. The summed E-state index contributed by atoms with van der Waals surface area (Å²) in [5.41, 5.74) is 3.54. The van der Waals surface area contributed by atoms with Crippen molar-refractivity contribution in [2.45, 2.75) is 33.1 Å². The lowest BCUT2D eigenvalue weighted by Crippen LogP contribution is -2.19. The number of carboxylic acids is 1. The van der Waals surface area contributed by atoms with E-state index >= 15 is 0 Å². The summed E-state index contributed by atoms with van der Waals surface area (Å²) in [6.45, 7) is 4.29. The van der Waals surface area contributed by atoms with Gasteiger partial charge in [0, 0.05) is 17.7 Å². The minimum atomic E-state index is -0.933. The fraction of sp³-hybridized carbons (Fsp3) is 0.250. The molecule has 3 rings (SSSR count). The molecule has 0 aromatic heterocycles. The lowest BCUT2D eigenvalue weighted by atomic mass is 9.93. The van der Waals surface area contributed by atoms with E-state index in [4.69, 9.17) is 4.74 Å². The monoisotopic (exact) mass is 474 g/mol. The maximum absolute atomic E-state index is 12.5. The summed E-state index contributed by atoms with van der Waals surface area (Å²) in [6, 6.07) is 21.3. The van der Waals surface area contributed by atoms with Crippen LogP contribution >= 0.6 is 0 Å². The fourth-order valence-electron chi connectivity index (χ4n) is 3.73. The zero-order chi connectivity index (χ0) is 25.2. The van der Waals surface area contributed by atoms with Crippen LogP contribution in [0, 0.1) is 5.92 Å². The minimum absolute atomic E-state index is 0.00000526. The number of Topliss-reactive ketones (excluding diaryl/α,β-unsaturated/α-hetero) is 1. The lowest BCUT2D eigenvalue weighted by Gasteiger charge is -2.12. The summed E-state index contributed by atoms with van der Waals surface area (Å²) >= 11 is 0. The van der Waals surface area contributed by atoms with E-state index in [1.54, 1.807) is 36.4 Å². The van der Waals surface area contributed by atoms with Crippen LogP contribution in [0.1, 0.15) is 43.5 Å². The molecule has 7 heteroatoms. The molecule has 0 aliphatic carbocycles. The Morgan fingerprint density at radius 3 is 2.09 bits per heavy atom. The van der Waals surface area contributed by atoms with E-state index in [0.717, 1.165) is 17.5 Å².